The Bertz CT molecular complexity index is 733. The van der Waals surface area contributed by atoms with Gasteiger partial charge in [-0.3, -0.25) is 0 Å². The van der Waals surface area contributed by atoms with Gasteiger partial charge in [-0.2, -0.15) is 0 Å². The van der Waals surface area contributed by atoms with Crippen LogP contribution in [0.3, 0.4) is 0 Å². The Morgan fingerprint density at radius 2 is 1.67 bits per heavy atom. The number of ether oxygens (including phenoxy) is 1. The smallest absolute Gasteiger partial charge is 0.144 e. The summed E-state index contributed by atoms with van der Waals surface area (Å²) in [7, 11) is 1.67. The lowest BCUT2D eigenvalue weighted by atomic mass is 10.1. The van der Waals surface area contributed by atoms with Crippen LogP contribution in [0, 0.1) is 0 Å². The molecule has 3 heteroatoms. The maximum atomic E-state index is 5.40. The van der Waals surface area contributed by atoms with Crippen LogP contribution in [-0.2, 0) is 0 Å². The van der Waals surface area contributed by atoms with Gasteiger partial charge in [0.05, 0.1) is 17.7 Å². The van der Waals surface area contributed by atoms with Gasteiger partial charge < -0.3 is 4.74 Å². The summed E-state index contributed by atoms with van der Waals surface area (Å²) in [4.78, 5) is 5.99. The molecule has 0 spiro atoms. The number of benzene rings is 2. The van der Waals surface area contributed by atoms with Crippen molar-refractivity contribution in [3.8, 4) is 5.75 Å². The van der Waals surface area contributed by atoms with Gasteiger partial charge in [-0.15, -0.1) is 11.3 Å². The van der Waals surface area contributed by atoms with Crippen molar-refractivity contribution in [2.75, 3.05) is 7.11 Å². The lowest BCUT2D eigenvalue weighted by molar-refractivity contribution is 0.416. The van der Waals surface area contributed by atoms with Crippen LogP contribution in [0.25, 0.3) is 0 Å². The fourth-order valence-electron chi connectivity index (χ4n) is 2.11. The van der Waals surface area contributed by atoms with Gasteiger partial charge >= 0.3 is 0 Å². The van der Waals surface area contributed by atoms with Gasteiger partial charge in [0.15, 0.2) is 0 Å². The zero-order valence-corrected chi connectivity index (χ0v) is 12.5. The van der Waals surface area contributed by atoms with Crippen molar-refractivity contribution in [1.29, 1.82) is 0 Å². The van der Waals surface area contributed by atoms with E-state index in [1.807, 2.05) is 48.5 Å². The zero-order chi connectivity index (χ0) is 14.5. The van der Waals surface area contributed by atoms with Gasteiger partial charge in [-0.05, 0) is 23.6 Å². The van der Waals surface area contributed by atoms with E-state index in [1.165, 1.54) is 0 Å². The van der Waals surface area contributed by atoms with E-state index in [4.69, 9.17) is 9.73 Å². The molecule has 0 aliphatic heterocycles. The van der Waals surface area contributed by atoms with Crippen molar-refractivity contribution in [1.82, 2.24) is 0 Å². The van der Waals surface area contributed by atoms with Gasteiger partial charge in [0.25, 0.3) is 0 Å². The minimum atomic E-state index is 0.780. The molecule has 0 aliphatic rings. The van der Waals surface area contributed by atoms with E-state index in [0.717, 1.165) is 27.6 Å². The summed E-state index contributed by atoms with van der Waals surface area (Å²) in [5.74, 6) is 0.780. The zero-order valence-electron chi connectivity index (χ0n) is 11.7. The molecule has 0 radical (unpaired) electrons. The van der Waals surface area contributed by atoms with Crippen molar-refractivity contribution >= 4 is 22.7 Å². The molecule has 0 fully saturated rings. The van der Waals surface area contributed by atoms with Crippen molar-refractivity contribution in [3.63, 3.8) is 0 Å². The molecule has 3 aromatic rings. The van der Waals surface area contributed by atoms with E-state index in [1.54, 1.807) is 18.4 Å². The van der Waals surface area contributed by atoms with Gasteiger partial charge in [-0.25, -0.2) is 4.99 Å². The Balaban J connectivity index is 2.14. The Labute approximate surface area is 128 Å². The van der Waals surface area contributed by atoms with E-state index < -0.39 is 0 Å². The lowest BCUT2D eigenvalue weighted by Crippen LogP contribution is -2.00. The Hall–Kier alpha value is -2.39. The van der Waals surface area contributed by atoms with Gasteiger partial charge in [0.1, 0.15) is 11.4 Å². The van der Waals surface area contributed by atoms with Crippen LogP contribution in [0.15, 0.2) is 77.1 Å². The first kappa shape index (κ1) is 13.6. The van der Waals surface area contributed by atoms with Crippen LogP contribution >= 0.6 is 11.3 Å². The minimum Gasteiger partial charge on any atom is -0.494 e. The summed E-state index contributed by atoms with van der Waals surface area (Å²) in [6.07, 6.45) is 0. The summed E-state index contributed by atoms with van der Waals surface area (Å²) in [5.41, 5.74) is 2.91. The van der Waals surface area contributed by atoms with Crippen molar-refractivity contribution < 1.29 is 4.74 Å². The van der Waals surface area contributed by atoms with Crippen LogP contribution in [-0.4, -0.2) is 12.8 Å². The highest BCUT2D eigenvalue weighted by molar-refractivity contribution is 7.12. The van der Waals surface area contributed by atoms with Crippen molar-refractivity contribution in [2.45, 2.75) is 0 Å². The summed E-state index contributed by atoms with van der Waals surface area (Å²) in [6.45, 7) is 0. The molecule has 2 nitrogen and oxygen atoms in total. The third kappa shape index (κ3) is 3.03. The average molecular weight is 293 g/mol. The maximum Gasteiger partial charge on any atom is 0.144 e. The summed E-state index contributed by atoms with van der Waals surface area (Å²) in [5, 5.41) is 2.07. The highest BCUT2D eigenvalue weighted by atomic mass is 32.1. The van der Waals surface area contributed by atoms with E-state index in [-0.39, 0.29) is 0 Å². The predicted octanol–water partition coefficient (Wildman–Crippen LogP) is 4.93. The maximum absolute atomic E-state index is 5.40. The monoisotopic (exact) mass is 293 g/mol. The molecule has 1 heterocycles. The van der Waals surface area contributed by atoms with E-state index in [9.17, 15) is 0 Å². The molecule has 2 aromatic carbocycles. The fraction of sp³-hybridized carbons (Fsp3) is 0.0556. The van der Waals surface area contributed by atoms with Gasteiger partial charge in [0.2, 0.25) is 0 Å². The lowest BCUT2D eigenvalue weighted by Gasteiger charge is -2.08. The summed E-state index contributed by atoms with van der Waals surface area (Å²) < 4.78 is 5.40. The molecule has 0 atom stereocenters. The Kier molecular flexibility index (Phi) is 4.12. The largest absolute Gasteiger partial charge is 0.494 e. The average Bonchev–Trinajstić information content (AvgIpc) is 3.08. The number of thiophene rings is 1. The number of nitrogens with zero attached hydrogens (tertiary/aromatic N) is 1. The fourth-order valence-corrected chi connectivity index (χ4v) is 2.85. The SMILES string of the molecule is COc1ccccc1N=C(c1ccccc1)c1cccs1. The molecule has 0 N–H and O–H groups in total. The molecule has 0 bridgehead atoms. The Morgan fingerprint density at radius 3 is 2.38 bits per heavy atom. The molecule has 3 rings (SSSR count). The summed E-state index contributed by atoms with van der Waals surface area (Å²) >= 11 is 1.69. The van der Waals surface area contributed by atoms with Crippen molar-refractivity contribution in [3.05, 3.63) is 82.6 Å². The minimum absolute atomic E-state index is 0.780. The van der Waals surface area contributed by atoms with Crippen LogP contribution in [0.2, 0.25) is 0 Å². The highest BCUT2D eigenvalue weighted by Gasteiger charge is 2.09. The first-order chi connectivity index (χ1) is 10.4. The third-order valence-electron chi connectivity index (χ3n) is 3.12. The summed E-state index contributed by atoms with van der Waals surface area (Å²) in [6, 6.07) is 22.2. The second-order valence-corrected chi connectivity index (χ2v) is 5.42. The van der Waals surface area contributed by atoms with E-state index in [0.29, 0.717) is 0 Å². The molecule has 0 saturated heterocycles. The number of para-hydroxylation sites is 2. The molecular formula is C18H15NOS. The van der Waals surface area contributed by atoms with Crippen LogP contribution in [0.1, 0.15) is 10.4 Å². The number of hydrogen-bond acceptors (Lipinski definition) is 3. The molecule has 0 saturated carbocycles. The number of aliphatic imine (C=N–C) groups is 1. The van der Waals surface area contributed by atoms with E-state index in [2.05, 4.69) is 23.6 Å². The quantitative estimate of drug-likeness (QED) is 0.625. The molecule has 0 amide bonds. The molecule has 21 heavy (non-hydrogen) atoms. The predicted molar refractivity (Wildman–Crippen MR) is 89.1 cm³/mol. The molecule has 1 aromatic heterocycles. The van der Waals surface area contributed by atoms with E-state index >= 15 is 0 Å². The van der Waals surface area contributed by atoms with Crippen LogP contribution in [0.4, 0.5) is 5.69 Å². The number of hydrogen-bond donors (Lipinski definition) is 0. The Morgan fingerprint density at radius 1 is 0.905 bits per heavy atom. The number of methoxy groups -OCH3 is 1. The van der Waals surface area contributed by atoms with Crippen LogP contribution in [0.5, 0.6) is 5.75 Å². The topological polar surface area (TPSA) is 21.6 Å². The number of rotatable bonds is 4. The highest BCUT2D eigenvalue weighted by Crippen LogP contribution is 2.29. The molecule has 104 valence electrons. The van der Waals surface area contributed by atoms with Gasteiger partial charge in [0, 0.05) is 5.56 Å². The van der Waals surface area contributed by atoms with Crippen LogP contribution < -0.4 is 4.74 Å². The second-order valence-electron chi connectivity index (χ2n) is 4.48. The first-order valence-corrected chi connectivity index (χ1v) is 7.57. The van der Waals surface area contributed by atoms with Gasteiger partial charge in [-0.1, -0.05) is 48.5 Å². The standard InChI is InChI=1S/C18H15NOS/c1-20-16-11-6-5-10-15(16)19-18(17-12-7-13-21-17)14-8-3-2-4-9-14/h2-13H,1H3. The molecule has 0 unspecified atom stereocenters. The normalized spacial score (nSPS) is 11.4. The first-order valence-electron chi connectivity index (χ1n) is 6.69. The molecular weight excluding hydrogens is 278 g/mol. The third-order valence-corrected chi connectivity index (χ3v) is 4.00. The second kappa shape index (κ2) is 6.37. The van der Waals surface area contributed by atoms with Crippen molar-refractivity contribution in [2.24, 2.45) is 4.99 Å². The molecule has 0 aliphatic carbocycles.